The SMILES string of the molecule is C[C@@H](OC(=O)Cn1nc(-c2ccccc2)oc1=O)C(=O)N1CCc2ccccc2C1. The summed E-state index contributed by atoms with van der Waals surface area (Å²) < 4.78 is 11.2. The van der Waals surface area contributed by atoms with Crippen molar-refractivity contribution in [2.24, 2.45) is 0 Å². The smallest absolute Gasteiger partial charge is 0.437 e. The van der Waals surface area contributed by atoms with Crippen LogP contribution in [0.3, 0.4) is 0 Å². The van der Waals surface area contributed by atoms with Gasteiger partial charge in [0.2, 0.25) is 5.89 Å². The van der Waals surface area contributed by atoms with Crippen LogP contribution in [0.5, 0.6) is 0 Å². The fraction of sp³-hybridized carbons (Fsp3) is 0.273. The standard InChI is InChI=1S/C22H21N3O5/c1-15(21(27)24-12-11-16-7-5-6-10-18(16)13-24)29-19(26)14-25-22(28)30-20(23-25)17-8-3-2-4-9-17/h2-10,15H,11-14H2,1H3/t15-/m1/s1. The number of ether oxygens (including phenoxy) is 1. The van der Waals surface area contributed by atoms with Crippen LogP contribution in [-0.4, -0.2) is 39.2 Å². The maximum atomic E-state index is 12.7. The van der Waals surface area contributed by atoms with Crippen LogP contribution in [0.15, 0.2) is 63.8 Å². The summed E-state index contributed by atoms with van der Waals surface area (Å²) in [7, 11) is 0. The first-order chi connectivity index (χ1) is 14.5. The van der Waals surface area contributed by atoms with Gasteiger partial charge >= 0.3 is 11.7 Å². The number of esters is 1. The minimum Gasteiger partial charge on any atom is -0.451 e. The number of carbonyl (C=O) groups is 2. The Labute approximate surface area is 172 Å². The van der Waals surface area contributed by atoms with Gasteiger partial charge in [0.1, 0.15) is 6.54 Å². The molecule has 4 rings (SSSR count). The Balaban J connectivity index is 1.37. The van der Waals surface area contributed by atoms with Gasteiger partial charge in [-0.15, -0.1) is 5.10 Å². The molecule has 1 amide bonds. The second-order valence-electron chi connectivity index (χ2n) is 7.11. The largest absolute Gasteiger partial charge is 0.451 e. The molecule has 0 saturated heterocycles. The highest BCUT2D eigenvalue weighted by molar-refractivity contribution is 5.83. The molecule has 1 aliphatic heterocycles. The number of amides is 1. The summed E-state index contributed by atoms with van der Waals surface area (Å²) in [6.07, 6.45) is -0.196. The van der Waals surface area contributed by atoms with Crippen molar-refractivity contribution in [3.63, 3.8) is 0 Å². The van der Waals surface area contributed by atoms with Gasteiger partial charge in [0.15, 0.2) is 6.10 Å². The van der Waals surface area contributed by atoms with Crippen molar-refractivity contribution in [1.29, 1.82) is 0 Å². The molecule has 154 valence electrons. The summed E-state index contributed by atoms with van der Waals surface area (Å²) in [5, 5.41) is 4.03. The molecule has 1 aromatic heterocycles. The van der Waals surface area contributed by atoms with E-state index in [1.807, 2.05) is 24.3 Å². The van der Waals surface area contributed by atoms with Crippen LogP contribution >= 0.6 is 0 Å². The first kappa shape index (κ1) is 19.6. The lowest BCUT2D eigenvalue weighted by atomic mass is 9.99. The summed E-state index contributed by atoms with van der Waals surface area (Å²) in [6.45, 7) is 2.15. The van der Waals surface area contributed by atoms with Gasteiger partial charge in [-0.3, -0.25) is 9.59 Å². The lowest BCUT2D eigenvalue weighted by Crippen LogP contribution is -2.43. The van der Waals surface area contributed by atoms with Crippen LogP contribution in [0.2, 0.25) is 0 Å². The lowest BCUT2D eigenvalue weighted by Gasteiger charge is -2.30. The average Bonchev–Trinajstić information content (AvgIpc) is 3.13. The highest BCUT2D eigenvalue weighted by Gasteiger charge is 2.27. The molecule has 0 radical (unpaired) electrons. The number of hydrogen-bond acceptors (Lipinski definition) is 6. The average molecular weight is 407 g/mol. The normalized spacial score (nSPS) is 14.1. The minimum absolute atomic E-state index is 0.115. The van der Waals surface area contributed by atoms with E-state index in [0.29, 0.717) is 18.7 Å². The van der Waals surface area contributed by atoms with Gasteiger partial charge in [0.25, 0.3) is 5.91 Å². The van der Waals surface area contributed by atoms with E-state index in [1.165, 1.54) is 12.5 Å². The van der Waals surface area contributed by atoms with Crippen molar-refractivity contribution in [3.8, 4) is 11.5 Å². The highest BCUT2D eigenvalue weighted by atomic mass is 16.5. The molecule has 0 unspecified atom stereocenters. The Kier molecular flexibility index (Phi) is 5.47. The molecular weight excluding hydrogens is 386 g/mol. The predicted molar refractivity (Wildman–Crippen MR) is 107 cm³/mol. The van der Waals surface area contributed by atoms with E-state index < -0.39 is 24.4 Å². The predicted octanol–water partition coefficient (Wildman–Crippen LogP) is 2.02. The number of fused-ring (bicyclic) bond motifs is 1. The van der Waals surface area contributed by atoms with Gasteiger partial charge in [-0.1, -0.05) is 42.5 Å². The second kappa shape index (κ2) is 8.36. The van der Waals surface area contributed by atoms with E-state index in [1.54, 1.807) is 29.2 Å². The van der Waals surface area contributed by atoms with Crippen molar-refractivity contribution in [2.75, 3.05) is 6.54 Å². The molecule has 0 aliphatic carbocycles. The summed E-state index contributed by atoms with van der Waals surface area (Å²) >= 11 is 0. The van der Waals surface area contributed by atoms with Crippen molar-refractivity contribution >= 4 is 11.9 Å². The maximum absolute atomic E-state index is 12.7. The molecule has 0 N–H and O–H groups in total. The monoisotopic (exact) mass is 407 g/mol. The summed E-state index contributed by atoms with van der Waals surface area (Å²) in [5.74, 6) is -1.65. The molecule has 30 heavy (non-hydrogen) atoms. The Morgan fingerprint density at radius 3 is 2.57 bits per heavy atom. The molecule has 2 aromatic carbocycles. The number of benzene rings is 2. The molecule has 0 bridgehead atoms. The van der Waals surface area contributed by atoms with Gasteiger partial charge in [0, 0.05) is 18.7 Å². The number of hydrogen-bond donors (Lipinski definition) is 0. The number of nitrogens with zero attached hydrogens (tertiary/aromatic N) is 3. The first-order valence-electron chi connectivity index (χ1n) is 9.69. The summed E-state index contributed by atoms with van der Waals surface area (Å²) in [6, 6.07) is 16.9. The Morgan fingerprint density at radius 2 is 1.80 bits per heavy atom. The third kappa shape index (κ3) is 4.17. The van der Waals surface area contributed by atoms with Gasteiger partial charge in [0.05, 0.1) is 0 Å². The third-order valence-corrected chi connectivity index (χ3v) is 5.00. The molecule has 1 aliphatic rings. The van der Waals surface area contributed by atoms with E-state index in [2.05, 4.69) is 11.2 Å². The van der Waals surface area contributed by atoms with Crippen molar-refractivity contribution < 1.29 is 18.7 Å². The summed E-state index contributed by atoms with van der Waals surface area (Å²) in [5.41, 5.74) is 2.94. The summed E-state index contributed by atoms with van der Waals surface area (Å²) in [4.78, 5) is 38.6. The van der Waals surface area contributed by atoms with Gasteiger partial charge in [-0.25, -0.2) is 4.79 Å². The van der Waals surface area contributed by atoms with Gasteiger partial charge in [-0.05, 0) is 36.6 Å². The molecule has 0 spiro atoms. The van der Waals surface area contributed by atoms with E-state index in [0.717, 1.165) is 16.7 Å². The number of rotatable bonds is 5. The van der Waals surface area contributed by atoms with Crippen LogP contribution in [0.1, 0.15) is 18.1 Å². The Morgan fingerprint density at radius 1 is 1.10 bits per heavy atom. The Bertz CT molecular complexity index is 1120. The molecular formula is C22H21N3O5. The van der Waals surface area contributed by atoms with Crippen LogP contribution in [0.4, 0.5) is 0 Å². The molecule has 0 fully saturated rings. The Hall–Kier alpha value is -3.68. The third-order valence-electron chi connectivity index (χ3n) is 5.00. The van der Waals surface area contributed by atoms with Crippen LogP contribution in [0, 0.1) is 0 Å². The zero-order chi connectivity index (χ0) is 21.1. The highest BCUT2D eigenvalue weighted by Crippen LogP contribution is 2.19. The molecule has 1 atom stereocenters. The number of aromatic nitrogens is 2. The van der Waals surface area contributed by atoms with Crippen LogP contribution in [-0.2, 0) is 33.8 Å². The zero-order valence-electron chi connectivity index (χ0n) is 16.5. The first-order valence-corrected chi connectivity index (χ1v) is 9.69. The second-order valence-corrected chi connectivity index (χ2v) is 7.11. The minimum atomic E-state index is -0.959. The van der Waals surface area contributed by atoms with Gasteiger partial charge < -0.3 is 14.1 Å². The number of carbonyl (C=O) groups excluding carboxylic acids is 2. The zero-order valence-corrected chi connectivity index (χ0v) is 16.5. The van der Waals surface area contributed by atoms with E-state index in [-0.39, 0.29) is 11.8 Å². The topological polar surface area (TPSA) is 94.6 Å². The van der Waals surface area contributed by atoms with Crippen molar-refractivity contribution in [1.82, 2.24) is 14.7 Å². The maximum Gasteiger partial charge on any atom is 0.437 e. The van der Waals surface area contributed by atoms with E-state index in [9.17, 15) is 14.4 Å². The molecule has 0 saturated carbocycles. The molecule has 3 aromatic rings. The van der Waals surface area contributed by atoms with Crippen molar-refractivity contribution in [3.05, 3.63) is 76.3 Å². The molecule has 8 nitrogen and oxygen atoms in total. The molecule has 2 heterocycles. The fourth-order valence-corrected chi connectivity index (χ4v) is 3.45. The van der Waals surface area contributed by atoms with Gasteiger partial charge in [-0.2, -0.15) is 4.68 Å². The van der Waals surface area contributed by atoms with Crippen molar-refractivity contribution in [2.45, 2.75) is 32.5 Å². The fourth-order valence-electron chi connectivity index (χ4n) is 3.45. The van der Waals surface area contributed by atoms with Crippen LogP contribution < -0.4 is 5.76 Å². The van der Waals surface area contributed by atoms with E-state index in [4.69, 9.17) is 9.15 Å². The lowest BCUT2D eigenvalue weighted by molar-refractivity contribution is -0.160. The molecule has 8 heteroatoms. The van der Waals surface area contributed by atoms with Crippen LogP contribution in [0.25, 0.3) is 11.5 Å². The van der Waals surface area contributed by atoms with E-state index >= 15 is 0 Å². The quantitative estimate of drug-likeness (QED) is 0.601.